The Morgan fingerprint density at radius 2 is 2.16 bits per heavy atom. The van der Waals surface area contributed by atoms with E-state index in [9.17, 15) is 4.79 Å². The molecule has 0 aliphatic rings. The van der Waals surface area contributed by atoms with Gasteiger partial charge in [0, 0.05) is 32.1 Å². The van der Waals surface area contributed by atoms with Gasteiger partial charge in [-0.25, -0.2) is 4.98 Å². The molecule has 0 aliphatic carbocycles. The number of benzene rings is 1. The summed E-state index contributed by atoms with van der Waals surface area (Å²) in [7, 11) is 3.70. The van der Waals surface area contributed by atoms with Gasteiger partial charge in [0.2, 0.25) is 0 Å². The Morgan fingerprint density at radius 1 is 1.32 bits per heavy atom. The maximum atomic E-state index is 12.1. The van der Waals surface area contributed by atoms with E-state index in [1.807, 2.05) is 39.3 Å². The number of aryl methyl sites for hydroxylation is 2. The number of nitrogens with zero attached hydrogens (tertiary/aromatic N) is 4. The highest BCUT2D eigenvalue weighted by Gasteiger charge is 2.12. The van der Waals surface area contributed by atoms with Crippen molar-refractivity contribution < 1.29 is 9.53 Å². The summed E-state index contributed by atoms with van der Waals surface area (Å²) in [5, 5.41) is 7.03. The summed E-state index contributed by atoms with van der Waals surface area (Å²) in [6.45, 7) is 2.23. The average Bonchev–Trinajstić information content (AvgIpc) is 3.22. The molecule has 3 aromatic rings. The molecule has 0 aliphatic heterocycles. The molecule has 1 aromatic carbocycles. The average molecular weight is 338 g/mol. The molecule has 3 rings (SSSR count). The van der Waals surface area contributed by atoms with Crippen LogP contribution in [0.25, 0.3) is 11.1 Å². The summed E-state index contributed by atoms with van der Waals surface area (Å²) in [4.78, 5) is 16.1. The van der Waals surface area contributed by atoms with Crippen molar-refractivity contribution in [2.45, 2.75) is 13.0 Å². The molecule has 7 heteroatoms. The molecule has 1 unspecified atom stereocenters. The number of carbonyl (C=O) groups excluding carboxylic acids is 1. The van der Waals surface area contributed by atoms with Crippen LogP contribution in [0.1, 0.15) is 17.4 Å². The summed E-state index contributed by atoms with van der Waals surface area (Å²) < 4.78 is 9.26. The molecule has 0 fully saturated rings. The topological polar surface area (TPSA) is 74.0 Å². The smallest absolute Gasteiger partial charge is 0.271 e. The Kier molecular flexibility index (Phi) is 4.83. The van der Waals surface area contributed by atoms with Gasteiger partial charge in [-0.05, 0) is 36.8 Å². The van der Waals surface area contributed by atoms with Crippen LogP contribution in [0.15, 0.2) is 43.1 Å². The number of hydrogen-bond acceptors (Lipinski definition) is 4. The Balaban J connectivity index is 1.57. The van der Waals surface area contributed by atoms with E-state index in [0.29, 0.717) is 18.1 Å². The Labute approximate surface area is 146 Å². The highest BCUT2D eigenvalue weighted by Crippen LogP contribution is 2.23. The maximum absolute atomic E-state index is 12.1. The van der Waals surface area contributed by atoms with Gasteiger partial charge in [0.25, 0.3) is 5.91 Å². The Morgan fingerprint density at radius 3 is 2.84 bits per heavy atom. The van der Waals surface area contributed by atoms with Crippen molar-refractivity contribution in [2.24, 2.45) is 14.1 Å². The van der Waals surface area contributed by atoms with Crippen LogP contribution in [-0.4, -0.2) is 37.9 Å². The van der Waals surface area contributed by atoms with Crippen molar-refractivity contribution >= 4 is 5.91 Å². The van der Waals surface area contributed by atoms with Gasteiger partial charge in [0.1, 0.15) is 18.1 Å². The van der Waals surface area contributed by atoms with Gasteiger partial charge in [0.15, 0.2) is 0 Å². The Hall–Kier alpha value is -3.09. The molecule has 25 heavy (non-hydrogen) atoms. The lowest BCUT2D eigenvalue weighted by atomic mass is 10.1. The highest BCUT2D eigenvalue weighted by molar-refractivity contribution is 5.92. The SMILES string of the molecule is CC(COc1c[c]cc(-c2cnn(C)c2)c1)NC(=O)c1cn(C)cn1. The second-order valence-corrected chi connectivity index (χ2v) is 5.97. The van der Waals surface area contributed by atoms with E-state index in [-0.39, 0.29) is 11.9 Å². The molecule has 0 saturated heterocycles. The Bertz CT molecular complexity index is 868. The zero-order valence-corrected chi connectivity index (χ0v) is 14.4. The minimum absolute atomic E-state index is 0.156. The van der Waals surface area contributed by atoms with E-state index in [1.165, 1.54) is 0 Å². The summed E-state index contributed by atoms with van der Waals surface area (Å²) in [6.07, 6.45) is 7.00. The monoisotopic (exact) mass is 338 g/mol. The number of aromatic nitrogens is 4. The molecule has 1 radical (unpaired) electrons. The van der Waals surface area contributed by atoms with Gasteiger partial charge in [0.05, 0.1) is 18.6 Å². The van der Waals surface area contributed by atoms with Crippen molar-refractivity contribution in [1.82, 2.24) is 24.6 Å². The number of amides is 1. The fraction of sp³-hybridized carbons (Fsp3) is 0.278. The van der Waals surface area contributed by atoms with Gasteiger partial charge < -0.3 is 14.6 Å². The fourth-order valence-corrected chi connectivity index (χ4v) is 2.36. The quantitative estimate of drug-likeness (QED) is 0.744. The third-order valence-electron chi connectivity index (χ3n) is 3.62. The lowest BCUT2D eigenvalue weighted by molar-refractivity contribution is 0.0922. The fourth-order valence-electron chi connectivity index (χ4n) is 2.36. The number of imidazole rings is 1. The van der Waals surface area contributed by atoms with Gasteiger partial charge in [-0.15, -0.1) is 0 Å². The zero-order valence-electron chi connectivity index (χ0n) is 14.4. The molecule has 0 spiro atoms. The first-order chi connectivity index (χ1) is 12.0. The molecule has 1 atom stereocenters. The second-order valence-electron chi connectivity index (χ2n) is 5.97. The number of nitrogens with one attached hydrogen (secondary N) is 1. The van der Waals surface area contributed by atoms with Crippen LogP contribution in [0.2, 0.25) is 0 Å². The summed E-state index contributed by atoms with van der Waals surface area (Å²) in [5.74, 6) is 0.479. The van der Waals surface area contributed by atoms with Crippen LogP contribution in [0.5, 0.6) is 5.75 Å². The molecule has 0 saturated carbocycles. The standard InChI is InChI=1S/C18H20N5O2/c1-13(21-18(24)17-10-22(2)12-19-17)11-25-16-6-4-5-14(7-16)15-8-20-23(3)9-15/h5-10,12-13H,11H2,1-3H3,(H,21,24). The van der Waals surface area contributed by atoms with Gasteiger partial charge in [-0.1, -0.05) is 0 Å². The summed E-state index contributed by atoms with van der Waals surface area (Å²) in [6, 6.07) is 8.50. The van der Waals surface area contributed by atoms with E-state index >= 15 is 0 Å². The third kappa shape index (κ3) is 4.26. The predicted molar refractivity (Wildman–Crippen MR) is 93.1 cm³/mol. The lowest BCUT2D eigenvalue weighted by Crippen LogP contribution is -2.37. The predicted octanol–water partition coefficient (Wildman–Crippen LogP) is 1.82. The van der Waals surface area contributed by atoms with E-state index in [0.717, 1.165) is 11.1 Å². The molecular formula is C18H20N5O2. The zero-order chi connectivity index (χ0) is 17.8. The van der Waals surface area contributed by atoms with Crippen molar-refractivity contribution in [3.05, 3.63) is 54.9 Å². The molecule has 2 aromatic heterocycles. The largest absolute Gasteiger partial charge is 0.491 e. The number of rotatable bonds is 6. The first-order valence-electron chi connectivity index (χ1n) is 7.93. The molecular weight excluding hydrogens is 318 g/mol. The highest BCUT2D eigenvalue weighted by atomic mass is 16.5. The molecule has 129 valence electrons. The molecule has 0 bridgehead atoms. The maximum Gasteiger partial charge on any atom is 0.271 e. The molecule has 2 heterocycles. The van der Waals surface area contributed by atoms with Gasteiger partial charge in [-0.3, -0.25) is 9.48 Å². The minimum Gasteiger partial charge on any atom is -0.491 e. The number of hydrogen-bond donors (Lipinski definition) is 1. The van der Waals surface area contributed by atoms with Crippen molar-refractivity contribution in [1.29, 1.82) is 0 Å². The second kappa shape index (κ2) is 7.21. The molecule has 1 amide bonds. The summed E-state index contributed by atoms with van der Waals surface area (Å²) in [5.41, 5.74) is 2.37. The van der Waals surface area contributed by atoms with Crippen LogP contribution in [-0.2, 0) is 14.1 Å². The van der Waals surface area contributed by atoms with Crippen LogP contribution in [0.3, 0.4) is 0 Å². The minimum atomic E-state index is -0.215. The third-order valence-corrected chi connectivity index (χ3v) is 3.62. The van der Waals surface area contributed by atoms with Crippen molar-refractivity contribution in [3.8, 4) is 16.9 Å². The van der Waals surface area contributed by atoms with Crippen LogP contribution in [0, 0.1) is 6.07 Å². The van der Waals surface area contributed by atoms with Gasteiger partial charge in [-0.2, -0.15) is 5.10 Å². The first-order valence-corrected chi connectivity index (χ1v) is 7.93. The number of carbonyl (C=O) groups is 1. The summed E-state index contributed by atoms with van der Waals surface area (Å²) >= 11 is 0. The van der Waals surface area contributed by atoms with E-state index in [1.54, 1.807) is 34.0 Å². The first kappa shape index (κ1) is 16.8. The van der Waals surface area contributed by atoms with Crippen LogP contribution in [0.4, 0.5) is 0 Å². The normalized spacial score (nSPS) is 12.0. The van der Waals surface area contributed by atoms with E-state index < -0.39 is 0 Å². The molecule has 1 N–H and O–H groups in total. The van der Waals surface area contributed by atoms with Crippen molar-refractivity contribution in [3.63, 3.8) is 0 Å². The lowest BCUT2D eigenvalue weighted by Gasteiger charge is -2.14. The van der Waals surface area contributed by atoms with E-state index in [2.05, 4.69) is 21.5 Å². The van der Waals surface area contributed by atoms with Crippen LogP contribution >= 0.6 is 0 Å². The van der Waals surface area contributed by atoms with E-state index in [4.69, 9.17) is 4.74 Å². The molecule has 7 nitrogen and oxygen atoms in total. The number of ether oxygens (including phenoxy) is 1. The van der Waals surface area contributed by atoms with Crippen LogP contribution < -0.4 is 10.1 Å². The van der Waals surface area contributed by atoms with Gasteiger partial charge >= 0.3 is 0 Å². The van der Waals surface area contributed by atoms with Crippen molar-refractivity contribution in [2.75, 3.05) is 6.61 Å².